The monoisotopic (exact) mass is 227 g/mol. The van der Waals surface area contributed by atoms with Gasteiger partial charge in [-0.05, 0) is 25.2 Å². The van der Waals surface area contributed by atoms with E-state index in [0.29, 0.717) is 18.1 Å². The quantitative estimate of drug-likeness (QED) is 0.733. The zero-order valence-corrected chi connectivity index (χ0v) is 11.0. The average molecular weight is 227 g/mol. The molecular formula is C13H25NO2. The van der Waals surface area contributed by atoms with Crippen molar-refractivity contribution in [2.45, 2.75) is 53.0 Å². The molecule has 0 saturated heterocycles. The van der Waals surface area contributed by atoms with Crippen LogP contribution in [-0.4, -0.2) is 25.2 Å². The Morgan fingerprint density at radius 2 is 2.25 bits per heavy atom. The molecule has 0 bridgehead atoms. The zero-order valence-electron chi connectivity index (χ0n) is 11.0. The predicted molar refractivity (Wildman–Crippen MR) is 65.2 cm³/mol. The Morgan fingerprint density at radius 1 is 1.56 bits per heavy atom. The van der Waals surface area contributed by atoms with Crippen LogP contribution >= 0.6 is 0 Å². The highest BCUT2D eigenvalue weighted by atomic mass is 16.5. The normalized spacial score (nSPS) is 25.4. The second-order valence-corrected chi connectivity index (χ2v) is 5.49. The van der Waals surface area contributed by atoms with Crippen LogP contribution in [0.5, 0.6) is 0 Å². The maximum Gasteiger partial charge on any atom is 0.309 e. The molecule has 1 aliphatic rings. The van der Waals surface area contributed by atoms with E-state index < -0.39 is 0 Å². The lowest BCUT2D eigenvalue weighted by molar-refractivity contribution is -0.147. The van der Waals surface area contributed by atoms with Crippen LogP contribution in [-0.2, 0) is 9.53 Å². The molecular weight excluding hydrogens is 202 g/mol. The Balaban J connectivity index is 2.31. The lowest BCUT2D eigenvalue weighted by atomic mass is 9.87. The summed E-state index contributed by atoms with van der Waals surface area (Å²) in [6, 6.07) is 0.546. The summed E-state index contributed by atoms with van der Waals surface area (Å²) in [5.74, 6) is -0.137. The fraction of sp³-hybridized carbons (Fsp3) is 0.923. The van der Waals surface area contributed by atoms with Gasteiger partial charge < -0.3 is 10.1 Å². The summed E-state index contributed by atoms with van der Waals surface area (Å²) in [4.78, 5) is 11.4. The maximum atomic E-state index is 11.4. The Morgan fingerprint density at radius 3 is 2.75 bits per heavy atom. The molecule has 3 nitrogen and oxygen atoms in total. The van der Waals surface area contributed by atoms with Crippen molar-refractivity contribution in [1.29, 1.82) is 0 Å². The lowest BCUT2D eigenvalue weighted by Crippen LogP contribution is -2.41. The van der Waals surface area contributed by atoms with Crippen molar-refractivity contribution in [3.63, 3.8) is 0 Å². The highest BCUT2D eigenvalue weighted by molar-refractivity contribution is 5.72. The number of carbonyl (C=O) groups excluding carboxylic acids is 1. The number of rotatable bonds is 5. The van der Waals surface area contributed by atoms with E-state index in [1.807, 2.05) is 13.8 Å². The molecule has 0 spiro atoms. The molecule has 3 heteroatoms. The van der Waals surface area contributed by atoms with Gasteiger partial charge in [-0.1, -0.05) is 27.2 Å². The Kier molecular flexibility index (Phi) is 4.78. The molecule has 2 atom stereocenters. The number of hydrogen-bond acceptors (Lipinski definition) is 3. The van der Waals surface area contributed by atoms with Crippen molar-refractivity contribution < 1.29 is 9.53 Å². The van der Waals surface area contributed by atoms with Gasteiger partial charge in [-0.15, -0.1) is 0 Å². The third-order valence-electron chi connectivity index (χ3n) is 3.62. The molecule has 0 aromatic carbocycles. The molecule has 0 aromatic heterocycles. The van der Waals surface area contributed by atoms with Gasteiger partial charge in [0.05, 0.1) is 12.5 Å². The van der Waals surface area contributed by atoms with Crippen LogP contribution in [0.3, 0.4) is 0 Å². The van der Waals surface area contributed by atoms with E-state index in [-0.39, 0.29) is 11.9 Å². The summed E-state index contributed by atoms with van der Waals surface area (Å²) in [5.41, 5.74) is 0.369. The molecule has 0 heterocycles. The Hall–Kier alpha value is -0.570. The summed E-state index contributed by atoms with van der Waals surface area (Å²) < 4.78 is 4.99. The maximum absolute atomic E-state index is 11.4. The first-order chi connectivity index (χ1) is 7.47. The first-order valence-corrected chi connectivity index (χ1v) is 6.37. The molecule has 16 heavy (non-hydrogen) atoms. The van der Waals surface area contributed by atoms with E-state index in [9.17, 15) is 4.79 Å². The van der Waals surface area contributed by atoms with E-state index in [2.05, 4.69) is 19.2 Å². The molecule has 0 radical (unpaired) electrons. The minimum Gasteiger partial charge on any atom is -0.466 e. The minimum absolute atomic E-state index is 0.0450. The largest absolute Gasteiger partial charge is 0.466 e. The second kappa shape index (κ2) is 5.67. The van der Waals surface area contributed by atoms with Crippen molar-refractivity contribution in [2.75, 3.05) is 13.2 Å². The van der Waals surface area contributed by atoms with Gasteiger partial charge in [0.15, 0.2) is 0 Å². The number of ether oxygens (including phenoxy) is 1. The zero-order chi connectivity index (χ0) is 12.2. The molecule has 2 unspecified atom stereocenters. The SMILES string of the molecule is CCOC(=O)C(C)CNC1CCCC1(C)C. The first-order valence-electron chi connectivity index (χ1n) is 6.37. The van der Waals surface area contributed by atoms with Crippen molar-refractivity contribution in [3.8, 4) is 0 Å². The van der Waals surface area contributed by atoms with E-state index >= 15 is 0 Å². The summed E-state index contributed by atoms with van der Waals surface area (Å²) in [5, 5.41) is 3.51. The first kappa shape index (κ1) is 13.5. The van der Waals surface area contributed by atoms with Gasteiger partial charge in [-0.2, -0.15) is 0 Å². The molecule has 0 aromatic rings. The van der Waals surface area contributed by atoms with E-state index in [0.717, 1.165) is 6.54 Å². The van der Waals surface area contributed by atoms with Crippen LogP contribution < -0.4 is 5.32 Å². The van der Waals surface area contributed by atoms with Gasteiger partial charge in [-0.3, -0.25) is 4.79 Å². The van der Waals surface area contributed by atoms with E-state index in [1.165, 1.54) is 19.3 Å². The van der Waals surface area contributed by atoms with Gasteiger partial charge in [0.2, 0.25) is 0 Å². The van der Waals surface area contributed by atoms with Crippen LogP contribution in [0.1, 0.15) is 47.0 Å². The van der Waals surface area contributed by atoms with Gasteiger partial charge in [0.25, 0.3) is 0 Å². The average Bonchev–Trinajstić information content (AvgIpc) is 2.54. The van der Waals surface area contributed by atoms with Crippen molar-refractivity contribution in [3.05, 3.63) is 0 Å². The molecule has 1 saturated carbocycles. The standard InChI is InChI=1S/C13H25NO2/c1-5-16-12(15)10(2)9-14-11-7-6-8-13(11,3)4/h10-11,14H,5-9H2,1-4H3. The summed E-state index contributed by atoms with van der Waals surface area (Å²) >= 11 is 0. The third-order valence-corrected chi connectivity index (χ3v) is 3.62. The number of carbonyl (C=O) groups is 1. The summed E-state index contributed by atoms with van der Waals surface area (Å²) in [6.07, 6.45) is 3.79. The highest BCUT2D eigenvalue weighted by Crippen LogP contribution is 2.37. The number of esters is 1. The van der Waals surface area contributed by atoms with E-state index in [4.69, 9.17) is 4.74 Å². The second-order valence-electron chi connectivity index (χ2n) is 5.49. The highest BCUT2D eigenvalue weighted by Gasteiger charge is 2.34. The minimum atomic E-state index is -0.0918. The predicted octanol–water partition coefficient (Wildman–Crippen LogP) is 2.35. The van der Waals surface area contributed by atoms with Crippen molar-refractivity contribution in [2.24, 2.45) is 11.3 Å². The van der Waals surface area contributed by atoms with Crippen LogP contribution in [0.25, 0.3) is 0 Å². The fourth-order valence-corrected chi connectivity index (χ4v) is 2.39. The number of nitrogens with one attached hydrogen (secondary N) is 1. The van der Waals surface area contributed by atoms with Crippen LogP contribution in [0, 0.1) is 11.3 Å². The van der Waals surface area contributed by atoms with Gasteiger partial charge in [0, 0.05) is 12.6 Å². The Bertz CT molecular complexity index is 238. The van der Waals surface area contributed by atoms with Gasteiger partial charge >= 0.3 is 5.97 Å². The van der Waals surface area contributed by atoms with E-state index in [1.54, 1.807) is 0 Å². The van der Waals surface area contributed by atoms with Crippen molar-refractivity contribution in [1.82, 2.24) is 5.32 Å². The van der Waals surface area contributed by atoms with Crippen molar-refractivity contribution >= 4 is 5.97 Å². The van der Waals surface area contributed by atoms with Crippen LogP contribution in [0.2, 0.25) is 0 Å². The summed E-state index contributed by atoms with van der Waals surface area (Å²) in [6.45, 7) is 9.56. The van der Waals surface area contributed by atoms with Crippen LogP contribution in [0.15, 0.2) is 0 Å². The van der Waals surface area contributed by atoms with Crippen LogP contribution in [0.4, 0.5) is 0 Å². The topological polar surface area (TPSA) is 38.3 Å². The van der Waals surface area contributed by atoms with Gasteiger partial charge in [0.1, 0.15) is 0 Å². The van der Waals surface area contributed by atoms with Gasteiger partial charge in [-0.25, -0.2) is 0 Å². The summed E-state index contributed by atoms with van der Waals surface area (Å²) in [7, 11) is 0. The third kappa shape index (κ3) is 3.48. The Labute approximate surface area is 98.9 Å². The fourth-order valence-electron chi connectivity index (χ4n) is 2.39. The lowest BCUT2D eigenvalue weighted by Gasteiger charge is -2.28. The molecule has 94 valence electrons. The molecule has 0 amide bonds. The molecule has 1 fully saturated rings. The molecule has 1 N–H and O–H groups in total. The molecule has 1 rings (SSSR count). The number of hydrogen-bond donors (Lipinski definition) is 1. The molecule has 0 aliphatic heterocycles. The smallest absolute Gasteiger partial charge is 0.309 e. The molecule has 1 aliphatic carbocycles.